The van der Waals surface area contributed by atoms with Crippen molar-refractivity contribution in [1.29, 1.82) is 0 Å². The van der Waals surface area contributed by atoms with Gasteiger partial charge in [-0.3, -0.25) is 9.36 Å². The van der Waals surface area contributed by atoms with Crippen LogP contribution in [0.15, 0.2) is 33.5 Å². The Morgan fingerprint density at radius 2 is 1.89 bits per heavy atom. The van der Waals surface area contributed by atoms with E-state index < -0.39 is 18.3 Å². The van der Waals surface area contributed by atoms with Gasteiger partial charge in [0.25, 0.3) is 5.56 Å². The molecule has 1 aromatic heterocycles. The summed E-state index contributed by atoms with van der Waals surface area (Å²) in [6, 6.07) is 5.89. The lowest BCUT2D eigenvalue weighted by Crippen LogP contribution is -2.27. The number of aryl methyl sites for hydroxylation is 1. The minimum Gasteiger partial charge on any atom is -0.299 e. The molecule has 0 amide bonds. The standard InChI is InChI=1S/C12H9BrF3NO/c1-7-2-4-9-8(11(7)13)3-5-10(18)17(9)6-12(14,15)16/h2-5H,6H2,1H3. The predicted molar refractivity (Wildman–Crippen MR) is 66.7 cm³/mol. The van der Waals surface area contributed by atoms with E-state index in [0.29, 0.717) is 9.86 Å². The molecule has 0 atom stereocenters. The highest BCUT2D eigenvalue weighted by atomic mass is 79.9. The van der Waals surface area contributed by atoms with E-state index in [4.69, 9.17) is 0 Å². The number of aromatic nitrogens is 1. The van der Waals surface area contributed by atoms with E-state index in [1.54, 1.807) is 6.07 Å². The highest BCUT2D eigenvalue weighted by Crippen LogP contribution is 2.27. The van der Waals surface area contributed by atoms with Crippen molar-refractivity contribution in [1.82, 2.24) is 4.57 Å². The van der Waals surface area contributed by atoms with Crippen molar-refractivity contribution in [3.63, 3.8) is 0 Å². The first kappa shape index (κ1) is 13.1. The van der Waals surface area contributed by atoms with Gasteiger partial charge in [0.05, 0.1) is 5.52 Å². The van der Waals surface area contributed by atoms with Crippen LogP contribution in [-0.2, 0) is 6.54 Å². The molecule has 0 aliphatic heterocycles. The molecule has 0 radical (unpaired) electrons. The molecule has 1 heterocycles. The van der Waals surface area contributed by atoms with Crippen LogP contribution in [0.4, 0.5) is 13.2 Å². The highest BCUT2D eigenvalue weighted by molar-refractivity contribution is 9.10. The summed E-state index contributed by atoms with van der Waals surface area (Å²) in [5.74, 6) is 0. The topological polar surface area (TPSA) is 22.0 Å². The Morgan fingerprint density at radius 1 is 1.22 bits per heavy atom. The Balaban J connectivity index is 2.76. The maximum atomic E-state index is 12.5. The molecular formula is C12H9BrF3NO. The second-order valence-corrected chi connectivity index (χ2v) is 4.80. The molecule has 18 heavy (non-hydrogen) atoms. The van der Waals surface area contributed by atoms with E-state index >= 15 is 0 Å². The van der Waals surface area contributed by atoms with Crippen molar-refractivity contribution in [2.24, 2.45) is 0 Å². The van der Waals surface area contributed by atoms with Crippen molar-refractivity contribution in [2.75, 3.05) is 0 Å². The fraction of sp³-hybridized carbons (Fsp3) is 0.250. The average Bonchev–Trinajstić information content (AvgIpc) is 2.26. The van der Waals surface area contributed by atoms with Crippen LogP contribution in [0.3, 0.4) is 0 Å². The minimum atomic E-state index is -4.42. The zero-order valence-electron chi connectivity index (χ0n) is 9.38. The number of hydrogen-bond donors (Lipinski definition) is 0. The number of rotatable bonds is 1. The summed E-state index contributed by atoms with van der Waals surface area (Å²) >= 11 is 3.32. The summed E-state index contributed by atoms with van der Waals surface area (Å²) in [5.41, 5.74) is 0.521. The van der Waals surface area contributed by atoms with Crippen LogP contribution in [0.1, 0.15) is 5.56 Å². The molecule has 0 saturated carbocycles. The van der Waals surface area contributed by atoms with Gasteiger partial charge in [-0.2, -0.15) is 13.2 Å². The van der Waals surface area contributed by atoms with E-state index in [2.05, 4.69) is 15.9 Å². The van der Waals surface area contributed by atoms with Gasteiger partial charge in [0.2, 0.25) is 0 Å². The van der Waals surface area contributed by atoms with Gasteiger partial charge in [0.1, 0.15) is 6.54 Å². The number of nitrogens with zero attached hydrogens (tertiary/aromatic N) is 1. The fourth-order valence-electron chi connectivity index (χ4n) is 1.79. The van der Waals surface area contributed by atoms with Crippen LogP contribution in [-0.4, -0.2) is 10.7 Å². The van der Waals surface area contributed by atoms with Gasteiger partial charge in [-0.15, -0.1) is 0 Å². The summed E-state index contributed by atoms with van der Waals surface area (Å²) in [7, 11) is 0. The number of fused-ring (bicyclic) bond motifs is 1. The summed E-state index contributed by atoms with van der Waals surface area (Å²) in [5, 5.41) is 0.596. The monoisotopic (exact) mass is 319 g/mol. The molecule has 1 aromatic carbocycles. The molecule has 2 rings (SSSR count). The van der Waals surface area contributed by atoms with Gasteiger partial charge >= 0.3 is 6.18 Å². The lowest BCUT2D eigenvalue weighted by atomic mass is 10.1. The first-order valence-electron chi connectivity index (χ1n) is 5.15. The molecule has 0 spiro atoms. The third kappa shape index (κ3) is 2.43. The summed E-state index contributed by atoms with van der Waals surface area (Å²) in [6.07, 6.45) is -4.42. The number of halogens is 4. The molecule has 0 fully saturated rings. The Hall–Kier alpha value is -1.30. The fourth-order valence-corrected chi connectivity index (χ4v) is 2.26. The van der Waals surface area contributed by atoms with Crippen molar-refractivity contribution in [3.05, 3.63) is 44.7 Å². The van der Waals surface area contributed by atoms with Crippen LogP contribution in [0.2, 0.25) is 0 Å². The average molecular weight is 320 g/mol. The van der Waals surface area contributed by atoms with Crippen molar-refractivity contribution in [2.45, 2.75) is 19.6 Å². The highest BCUT2D eigenvalue weighted by Gasteiger charge is 2.29. The molecule has 0 N–H and O–H groups in total. The van der Waals surface area contributed by atoms with Crippen LogP contribution in [0.25, 0.3) is 10.9 Å². The summed E-state index contributed by atoms with van der Waals surface area (Å²) in [4.78, 5) is 11.6. The molecular weight excluding hydrogens is 311 g/mol. The lowest BCUT2D eigenvalue weighted by Gasteiger charge is -2.13. The Kier molecular flexibility index (Phi) is 3.23. The third-order valence-electron chi connectivity index (χ3n) is 2.64. The maximum Gasteiger partial charge on any atom is 0.406 e. The third-order valence-corrected chi connectivity index (χ3v) is 3.69. The SMILES string of the molecule is Cc1ccc2c(ccc(=O)n2CC(F)(F)F)c1Br. The molecule has 0 unspecified atom stereocenters. The Labute approximate surface area is 109 Å². The second-order valence-electron chi connectivity index (χ2n) is 4.00. The minimum absolute atomic E-state index is 0.275. The van der Waals surface area contributed by atoms with E-state index in [1.807, 2.05) is 6.92 Å². The van der Waals surface area contributed by atoms with Crippen LogP contribution in [0, 0.1) is 6.92 Å². The number of benzene rings is 1. The zero-order chi connectivity index (χ0) is 13.5. The largest absolute Gasteiger partial charge is 0.406 e. The van der Waals surface area contributed by atoms with Crippen molar-refractivity contribution >= 4 is 26.8 Å². The van der Waals surface area contributed by atoms with Crippen molar-refractivity contribution < 1.29 is 13.2 Å². The molecule has 2 aromatic rings. The predicted octanol–water partition coefficient (Wildman–Crippen LogP) is 3.63. The van der Waals surface area contributed by atoms with E-state index in [0.717, 1.165) is 16.2 Å². The molecule has 0 saturated heterocycles. The second kappa shape index (κ2) is 4.42. The van der Waals surface area contributed by atoms with Gasteiger partial charge < -0.3 is 0 Å². The molecule has 2 nitrogen and oxygen atoms in total. The Morgan fingerprint density at radius 3 is 2.50 bits per heavy atom. The Bertz CT molecular complexity index is 661. The molecule has 96 valence electrons. The molecule has 6 heteroatoms. The molecule has 0 aliphatic rings. The number of pyridine rings is 1. The van der Waals surface area contributed by atoms with Crippen LogP contribution >= 0.6 is 15.9 Å². The first-order valence-corrected chi connectivity index (χ1v) is 5.94. The summed E-state index contributed by atoms with van der Waals surface area (Å²) < 4.78 is 38.8. The lowest BCUT2D eigenvalue weighted by molar-refractivity contribution is -0.140. The summed E-state index contributed by atoms with van der Waals surface area (Å²) in [6.45, 7) is 0.557. The number of alkyl halides is 3. The molecule has 0 bridgehead atoms. The van der Waals surface area contributed by atoms with Crippen molar-refractivity contribution in [3.8, 4) is 0 Å². The quantitative estimate of drug-likeness (QED) is 0.786. The smallest absolute Gasteiger partial charge is 0.299 e. The first-order chi connectivity index (χ1) is 8.29. The van der Waals surface area contributed by atoms with Crippen LogP contribution < -0.4 is 5.56 Å². The molecule has 0 aliphatic carbocycles. The van der Waals surface area contributed by atoms with Gasteiger partial charge in [-0.05, 0) is 40.5 Å². The van der Waals surface area contributed by atoms with Gasteiger partial charge in [0.15, 0.2) is 0 Å². The van der Waals surface area contributed by atoms with Gasteiger partial charge in [-0.1, -0.05) is 6.07 Å². The van der Waals surface area contributed by atoms with Gasteiger partial charge in [0, 0.05) is 15.9 Å². The maximum absolute atomic E-state index is 12.5. The van der Waals surface area contributed by atoms with E-state index in [1.165, 1.54) is 12.1 Å². The normalized spacial score (nSPS) is 12.1. The van der Waals surface area contributed by atoms with E-state index in [9.17, 15) is 18.0 Å². The van der Waals surface area contributed by atoms with Crippen LogP contribution in [0.5, 0.6) is 0 Å². The van der Waals surface area contributed by atoms with Gasteiger partial charge in [-0.25, -0.2) is 0 Å². The zero-order valence-corrected chi connectivity index (χ0v) is 11.0. The van der Waals surface area contributed by atoms with E-state index in [-0.39, 0.29) is 5.52 Å². The number of hydrogen-bond acceptors (Lipinski definition) is 1.